The van der Waals surface area contributed by atoms with Crippen LogP contribution in [0.1, 0.15) is 0 Å². The molecule has 3 heterocycles. The quantitative estimate of drug-likeness (QED) is 0.135. The molecule has 0 radical (unpaired) electrons. The molecule has 10 heteroatoms. The van der Waals surface area contributed by atoms with Crippen molar-refractivity contribution < 1.29 is 37.7 Å². The van der Waals surface area contributed by atoms with Crippen molar-refractivity contribution in [3.63, 3.8) is 0 Å². The number of fused-ring (bicyclic) bond motifs is 3. The topological polar surface area (TPSA) is 38.7 Å². The molecule has 0 unspecified atom stereocenters. The summed E-state index contributed by atoms with van der Waals surface area (Å²) in [6.07, 6.45) is 0. The number of aromatic nitrogens is 3. The van der Waals surface area contributed by atoms with E-state index in [1.807, 2.05) is 72.8 Å². The van der Waals surface area contributed by atoms with Gasteiger partial charge < -0.3 is 71.9 Å². The van der Waals surface area contributed by atoms with E-state index >= 15 is 0 Å². The fourth-order valence-electron chi connectivity index (χ4n) is 2.55. The fraction of sp³-hybridized carbons (Fsp3) is 0. The molecule has 0 bridgehead atoms. The zero-order valence-corrected chi connectivity index (χ0v) is 22.4. The Kier molecular flexibility index (Phi) is 9.57. The summed E-state index contributed by atoms with van der Waals surface area (Å²) < 4.78 is 5.69. The van der Waals surface area contributed by atoms with Gasteiger partial charge in [-0.15, -0.1) is 0 Å². The Bertz CT molecular complexity index is 1140. The van der Waals surface area contributed by atoms with Gasteiger partial charge in [0.15, 0.2) is 0 Å². The Morgan fingerprint density at radius 1 is 0.452 bits per heavy atom. The smallest absolute Gasteiger partial charge is 0.408 e. The van der Waals surface area contributed by atoms with Gasteiger partial charge in [0.25, 0.3) is 0 Å². The molecule has 0 saturated heterocycles. The minimum atomic E-state index is 0. The average Bonchev–Trinajstić information content (AvgIpc) is 3.41. The Morgan fingerprint density at radius 2 is 0.710 bits per heavy atom. The maximum atomic E-state index is 4.92. The summed E-state index contributed by atoms with van der Waals surface area (Å²) in [7, 11) is 0. The molecule has 3 aromatic heterocycles. The SMILES string of the molecule is [Ho+3].[S-]c1nc2ccccc2s1.[S-]c1nc2ccccc2s1.[S-]c1nc2ccccc2s1. The van der Waals surface area contributed by atoms with Crippen molar-refractivity contribution in [2.75, 3.05) is 0 Å². The monoisotopic (exact) mass is 663 g/mol. The zero-order valence-electron chi connectivity index (χ0n) is 15.5. The number of thiazole rings is 3. The first-order chi connectivity index (χ1) is 14.6. The van der Waals surface area contributed by atoms with Gasteiger partial charge in [-0.2, -0.15) is 0 Å². The first-order valence-corrected chi connectivity index (χ1v) is 12.3. The first kappa shape index (κ1) is 24.9. The van der Waals surface area contributed by atoms with Crippen LogP contribution in [-0.4, -0.2) is 15.0 Å². The predicted molar refractivity (Wildman–Crippen MR) is 136 cm³/mol. The van der Waals surface area contributed by atoms with Crippen LogP contribution in [0.5, 0.6) is 0 Å². The normalized spacial score (nSPS) is 10.1. The van der Waals surface area contributed by atoms with Crippen LogP contribution in [-0.2, 0) is 37.9 Å². The third-order valence-corrected chi connectivity index (χ3v) is 7.34. The molecule has 0 aliphatic carbocycles. The van der Waals surface area contributed by atoms with Gasteiger partial charge in [0.1, 0.15) is 0 Å². The number of nitrogens with zero attached hydrogens (tertiary/aromatic N) is 3. The van der Waals surface area contributed by atoms with Crippen LogP contribution >= 0.6 is 34.0 Å². The summed E-state index contributed by atoms with van der Waals surface area (Å²) in [5, 5.41) is 0. The van der Waals surface area contributed by atoms with Gasteiger partial charge in [-0.05, 0) is 45.3 Å². The van der Waals surface area contributed by atoms with Crippen molar-refractivity contribution in [2.24, 2.45) is 0 Å². The number of rotatable bonds is 0. The van der Waals surface area contributed by atoms with E-state index in [0.29, 0.717) is 0 Å². The summed E-state index contributed by atoms with van der Waals surface area (Å²) in [6.45, 7) is 0. The molecule has 0 spiro atoms. The number of hydrogen-bond acceptors (Lipinski definition) is 9. The van der Waals surface area contributed by atoms with Crippen molar-refractivity contribution in [3.05, 3.63) is 72.8 Å². The first-order valence-electron chi connectivity index (χ1n) is 8.66. The van der Waals surface area contributed by atoms with Crippen molar-refractivity contribution in [3.8, 4) is 0 Å². The summed E-state index contributed by atoms with van der Waals surface area (Å²) >= 11 is 19.4. The summed E-state index contributed by atoms with van der Waals surface area (Å²) in [5.74, 6) is 0. The zero-order chi connectivity index (χ0) is 20.9. The predicted octanol–water partition coefficient (Wildman–Crippen LogP) is 6.61. The third-order valence-electron chi connectivity index (χ3n) is 3.82. The summed E-state index contributed by atoms with van der Waals surface area (Å²) in [5.41, 5.74) is 3.03. The molecule has 0 aliphatic rings. The molecule has 0 atom stereocenters. The third kappa shape index (κ3) is 6.86. The molecule has 0 fully saturated rings. The maximum Gasteiger partial charge on any atom is 3.00 e. The molecular weight excluding hydrogens is 652 g/mol. The van der Waals surface area contributed by atoms with E-state index in [-0.39, 0.29) is 37.7 Å². The number of hydrogen-bond donors (Lipinski definition) is 0. The standard InChI is InChI=1S/3C7H5NS2.Ho/c3*9-7-8-5-3-1-2-4-6(5)10-7;/h3*1-4H,(H,8,9);/q;;;+3/p-3. The molecule has 3 nitrogen and oxygen atoms in total. The van der Waals surface area contributed by atoms with Crippen molar-refractivity contribution >= 4 is 103 Å². The minimum Gasteiger partial charge on any atom is -0.408 e. The number of benzene rings is 3. The van der Waals surface area contributed by atoms with E-state index < -0.39 is 0 Å². The molecule has 158 valence electrons. The second kappa shape index (κ2) is 11.9. The van der Waals surface area contributed by atoms with E-state index in [1.54, 1.807) is 34.0 Å². The van der Waals surface area contributed by atoms with Crippen LogP contribution in [0.15, 0.2) is 85.8 Å². The van der Waals surface area contributed by atoms with E-state index in [1.165, 1.54) is 14.1 Å². The minimum absolute atomic E-state index is 0. The molecule has 0 aliphatic heterocycles. The fourth-order valence-corrected chi connectivity index (χ4v) is 5.75. The maximum absolute atomic E-state index is 4.92. The molecule has 6 rings (SSSR count). The molecule has 0 saturated carbocycles. The Balaban J connectivity index is 0.000000130. The second-order valence-corrected chi connectivity index (χ2v) is 10.9. The molecule has 0 N–H and O–H groups in total. The summed E-state index contributed by atoms with van der Waals surface area (Å²) in [4.78, 5) is 12.4. The van der Waals surface area contributed by atoms with Crippen molar-refractivity contribution in [1.29, 1.82) is 0 Å². The largest absolute Gasteiger partial charge is 3.00 e. The van der Waals surface area contributed by atoms with Gasteiger partial charge in [-0.3, -0.25) is 15.0 Å². The summed E-state index contributed by atoms with van der Waals surface area (Å²) in [6, 6.07) is 23.9. The second-order valence-electron chi connectivity index (χ2n) is 5.84. The molecular formula is C21H12HoN3S6. The Hall–Kier alpha value is -0.750. The van der Waals surface area contributed by atoms with Crippen LogP contribution in [0.25, 0.3) is 30.6 Å². The Labute approximate surface area is 238 Å². The number of para-hydroxylation sites is 3. The van der Waals surface area contributed by atoms with Crippen LogP contribution in [0.4, 0.5) is 0 Å². The van der Waals surface area contributed by atoms with Crippen LogP contribution < -0.4 is 0 Å². The van der Waals surface area contributed by atoms with Gasteiger partial charge in [-0.1, -0.05) is 54.6 Å². The molecule has 0 amide bonds. The van der Waals surface area contributed by atoms with E-state index in [4.69, 9.17) is 37.9 Å². The van der Waals surface area contributed by atoms with Gasteiger partial charge in [-0.25, -0.2) is 0 Å². The van der Waals surface area contributed by atoms with Crippen LogP contribution in [0.2, 0.25) is 0 Å². The molecule has 31 heavy (non-hydrogen) atoms. The molecule has 6 aromatic rings. The van der Waals surface area contributed by atoms with Gasteiger partial charge in [0.2, 0.25) is 0 Å². The van der Waals surface area contributed by atoms with Crippen molar-refractivity contribution in [2.45, 2.75) is 13.0 Å². The average molecular weight is 664 g/mol. The van der Waals surface area contributed by atoms with Crippen molar-refractivity contribution in [1.82, 2.24) is 15.0 Å². The molecule has 3 aromatic carbocycles. The van der Waals surface area contributed by atoms with E-state index in [9.17, 15) is 0 Å². The Morgan fingerprint density at radius 3 is 0.968 bits per heavy atom. The van der Waals surface area contributed by atoms with Gasteiger partial charge in [0, 0.05) is 0 Å². The van der Waals surface area contributed by atoms with Gasteiger partial charge in [0.05, 0.1) is 16.6 Å². The van der Waals surface area contributed by atoms with Gasteiger partial charge >= 0.3 is 37.7 Å². The van der Waals surface area contributed by atoms with Crippen LogP contribution in [0, 0.1) is 37.7 Å². The van der Waals surface area contributed by atoms with Crippen LogP contribution in [0.3, 0.4) is 0 Å². The van der Waals surface area contributed by atoms with E-state index in [2.05, 4.69) is 15.0 Å². The van der Waals surface area contributed by atoms with E-state index in [0.717, 1.165) is 29.6 Å².